The zero-order valence-electron chi connectivity index (χ0n) is 16.6. The van der Waals surface area contributed by atoms with Gasteiger partial charge in [-0.25, -0.2) is 9.97 Å². The minimum absolute atomic E-state index is 0.146. The largest absolute Gasteiger partial charge is 0.347 e. The minimum Gasteiger partial charge on any atom is -0.347 e. The van der Waals surface area contributed by atoms with Crippen molar-refractivity contribution in [3.63, 3.8) is 0 Å². The van der Waals surface area contributed by atoms with E-state index in [1.54, 1.807) is 25.1 Å². The van der Waals surface area contributed by atoms with Gasteiger partial charge >= 0.3 is 0 Å². The van der Waals surface area contributed by atoms with E-state index in [0.717, 1.165) is 11.3 Å². The maximum atomic E-state index is 12.5. The van der Waals surface area contributed by atoms with Crippen molar-refractivity contribution >= 4 is 29.0 Å². The van der Waals surface area contributed by atoms with Crippen LogP contribution < -0.4 is 16.0 Å². The summed E-state index contributed by atoms with van der Waals surface area (Å²) in [6.07, 6.45) is 0. The first-order valence-corrected chi connectivity index (χ1v) is 9.23. The number of benzene rings is 2. The normalized spacial score (nSPS) is 10.3. The van der Waals surface area contributed by atoms with E-state index in [-0.39, 0.29) is 17.5 Å². The first-order valence-electron chi connectivity index (χ1n) is 9.23. The lowest BCUT2D eigenvalue weighted by Crippen LogP contribution is -2.24. The summed E-state index contributed by atoms with van der Waals surface area (Å²) in [5.41, 5.74) is 3.88. The summed E-state index contributed by atoms with van der Waals surface area (Å²) in [5, 5.41) is 8.76. The second-order valence-electron chi connectivity index (χ2n) is 6.74. The molecule has 7 heteroatoms. The number of nitrogens with one attached hydrogen (secondary N) is 3. The van der Waals surface area contributed by atoms with Crippen molar-refractivity contribution in [2.24, 2.45) is 0 Å². The second kappa shape index (κ2) is 8.97. The van der Waals surface area contributed by atoms with E-state index in [9.17, 15) is 9.59 Å². The molecule has 0 bridgehead atoms. The van der Waals surface area contributed by atoms with Crippen LogP contribution in [0.1, 0.15) is 34.4 Å². The fourth-order valence-electron chi connectivity index (χ4n) is 2.75. The number of aryl methyl sites for hydroxylation is 2. The molecule has 148 valence electrons. The number of hydrogen-bond donors (Lipinski definition) is 3. The Hall–Kier alpha value is -3.74. The molecule has 0 unspecified atom stereocenters. The van der Waals surface area contributed by atoms with E-state index in [0.29, 0.717) is 23.9 Å². The lowest BCUT2D eigenvalue weighted by Gasteiger charge is -2.10. The molecule has 1 aromatic heterocycles. The van der Waals surface area contributed by atoms with E-state index >= 15 is 0 Å². The van der Waals surface area contributed by atoms with Crippen LogP contribution in [0.4, 0.5) is 17.2 Å². The standard InChI is InChI=1S/C22H23N5O2/c1-14-7-9-17(10-8-14)13-23-22(29)20-12-21(25-15(2)24-20)27-19-6-4-5-18(11-19)26-16(3)28/h4-12H,13H2,1-3H3,(H,23,29)(H,26,28)(H,24,25,27). The SMILES string of the molecule is CC(=O)Nc1cccc(Nc2cc(C(=O)NCc3ccc(C)cc3)nc(C)n2)c1. The summed E-state index contributed by atoms with van der Waals surface area (Å²) in [6.45, 7) is 5.63. The molecule has 2 aromatic carbocycles. The molecular formula is C22H23N5O2. The van der Waals surface area contributed by atoms with Gasteiger partial charge in [0.05, 0.1) is 0 Å². The van der Waals surface area contributed by atoms with Gasteiger partial charge in [0.2, 0.25) is 5.91 Å². The molecule has 0 saturated carbocycles. The number of hydrogen-bond acceptors (Lipinski definition) is 5. The predicted octanol–water partition coefficient (Wildman–Crippen LogP) is 3.73. The van der Waals surface area contributed by atoms with Crippen LogP contribution in [0, 0.1) is 13.8 Å². The zero-order chi connectivity index (χ0) is 20.8. The van der Waals surface area contributed by atoms with Gasteiger partial charge in [-0.3, -0.25) is 9.59 Å². The van der Waals surface area contributed by atoms with Crippen molar-refractivity contribution in [2.45, 2.75) is 27.3 Å². The number of nitrogens with zero attached hydrogens (tertiary/aromatic N) is 2. The molecule has 0 saturated heterocycles. The van der Waals surface area contributed by atoms with Crippen LogP contribution in [-0.4, -0.2) is 21.8 Å². The Morgan fingerprint density at radius 3 is 2.38 bits per heavy atom. The number of aromatic nitrogens is 2. The van der Waals surface area contributed by atoms with E-state index < -0.39 is 0 Å². The smallest absolute Gasteiger partial charge is 0.270 e. The van der Waals surface area contributed by atoms with Crippen LogP contribution in [0.15, 0.2) is 54.6 Å². The predicted molar refractivity (Wildman–Crippen MR) is 113 cm³/mol. The second-order valence-corrected chi connectivity index (χ2v) is 6.74. The molecule has 0 fully saturated rings. The molecule has 29 heavy (non-hydrogen) atoms. The maximum absolute atomic E-state index is 12.5. The number of amides is 2. The van der Waals surface area contributed by atoms with Crippen LogP contribution in [0.5, 0.6) is 0 Å². The van der Waals surface area contributed by atoms with E-state index in [1.165, 1.54) is 12.5 Å². The molecule has 2 amide bonds. The zero-order valence-corrected chi connectivity index (χ0v) is 16.6. The Morgan fingerprint density at radius 2 is 1.66 bits per heavy atom. The highest BCUT2D eigenvalue weighted by Crippen LogP contribution is 2.19. The van der Waals surface area contributed by atoms with Gasteiger partial charge in [-0.2, -0.15) is 0 Å². The monoisotopic (exact) mass is 389 g/mol. The van der Waals surface area contributed by atoms with Crippen molar-refractivity contribution in [3.8, 4) is 0 Å². The van der Waals surface area contributed by atoms with Gasteiger partial charge in [0.1, 0.15) is 17.3 Å². The van der Waals surface area contributed by atoms with Gasteiger partial charge in [0.15, 0.2) is 0 Å². The topological polar surface area (TPSA) is 96.0 Å². The maximum Gasteiger partial charge on any atom is 0.270 e. The first-order chi connectivity index (χ1) is 13.9. The molecule has 1 heterocycles. The summed E-state index contributed by atoms with van der Waals surface area (Å²) in [6, 6.07) is 16.8. The molecule has 0 radical (unpaired) electrons. The Labute approximate surface area is 169 Å². The number of anilines is 3. The molecule has 0 aliphatic heterocycles. The molecular weight excluding hydrogens is 366 g/mol. The first kappa shape index (κ1) is 20.0. The van der Waals surface area contributed by atoms with Gasteiger partial charge < -0.3 is 16.0 Å². The fourth-order valence-corrected chi connectivity index (χ4v) is 2.75. The molecule has 0 atom stereocenters. The van der Waals surface area contributed by atoms with Crippen molar-refractivity contribution in [2.75, 3.05) is 10.6 Å². The molecule has 7 nitrogen and oxygen atoms in total. The molecule has 3 aromatic rings. The van der Waals surface area contributed by atoms with Crippen LogP contribution in [0.25, 0.3) is 0 Å². The van der Waals surface area contributed by atoms with Crippen LogP contribution >= 0.6 is 0 Å². The lowest BCUT2D eigenvalue weighted by molar-refractivity contribution is -0.114. The average molecular weight is 389 g/mol. The van der Waals surface area contributed by atoms with Gasteiger partial charge in [-0.1, -0.05) is 35.9 Å². The third kappa shape index (κ3) is 5.87. The minimum atomic E-state index is -0.272. The van der Waals surface area contributed by atoms with Crippen molar-refractivity contribution in [3.05, 3.63) is 77.2 Å². The summed E-state index contributed by atoms with van der Waals surface area (Å²) in [4.78, 5) is 32.4. The molecule has 0 aliphatic carbocycles. The van der Waals surface area contributed by atoms with Crippen molar-refractivity contribution in [1.82, 2.24) is 15.3 Å². The summed E-state index contributed by atoms with van der Waals surface area (Å²) in [5.74, 6) is 0.560. The highest BCUT2D eigenvalue weighted by molar-refractivity contribution is 5.93. The van der Waals surface area contributed by atoms with Gasteiger partial charge in [0.25, 0.3) is 5.91 Å². The third-order valence-electron chi connectivity index (χ3n) is 4.10. The average Bonchev–Trinajstić information content (AvgIpc) is 2.66. The summed E-state index contributed by atoms with van der Waals surface area (Å²) < 4.78 is 0. The Bertz CT molecular complexity index is 1030. The summed E-state index contributed by atoms with van der Waals surface area (Å²) in [7, 11) is 0. The van der Waals surface area contributed by atoms with E-state index in [1.807, 2.05) is 43.3 Å². The lowest BCUT2D eigenvalue weighted by atomic mass is 10.1. The van der Waals surface area contributed by atoms with Gasteiger partial charge in [0, 0.05) is 30.9 Å². The van der Waals surface area contributed by atoms with Crippen LogP contribution in [-0.2, 0) is 11.3 Å². The summed E-state index contributed by atoms with van der Waals surface area (Å²) >= 11 is 0. The molecule has 3 N–H and O–H groups in total. The van der Waals surface area contributed by atoms with Gasteiger partial charge in [-0.05, 0) is 37.6 Å². The number of carbonyl (C=O) groups excluding carboxylic acids is 2. The van der Waals surface area contributed by atoms with Crippen LogP contribution in [0.3, 0.4) is 0 Å². The van der Waals surface area contributed by atoms with Crippen molar-refractivity contribution < 1.29 is 9.59 Å². The highest BCUT2D eigenvalue weighted by atomic mass is 16.2. The van der Waals surface area contributed by atoms with Crippen LogP contribution in [0.2, 0.25) is 0 Å². The molecule has 0 spiro atoms. The van der Waals surface area contributed by atoms with Crippen molar-refractivity contribution in [1.29, 1.82) is 0 Å². The Kier molecular flexibility index (Phi) is 6.19. The fraction of sp³-hybridized carbons (Fsp3) is 0.182. The van der Waals surface area contributed by atoms with E-state index in [2.05, 4.69) is 25.9 Å². The molecule has 0 aliphatic rings. The quantitative estimate of drug-likeness (QED) is 0.597. The third-order valence-corrected chi connectivity index (χ3v) is 4.10. The van der Waals surface area contributed by atoms with Gasteiger partial charge in [-0.15, -0.1) is 0 Å². The van der Waals surface area contributed by atoms with E-state index in [4.69, 9.17) is 0 Å². The molecule has 3 rings (SSSR count). The Balaban J connectivity index is 1.71. The Morgan fingerprint density at radius 1 is 0.931 bits per heavy atom. The number of rotatable bonds is 6. The number of carbonyl (C=O) groups is 2. The highest BCUT2D eigenvalue weighted by Gasteiger charge is 2.11.